The van der Waals surface area contributed by atoms with Crippen LogP contribution in [0.4, 0.5) is 29.8 Å². The van der Waals surface area contributed by atoms with Crippen molar-refractivity contribution in [1.29, 1.82) is 0 Å². The van der Waals surface area contributed by atoms with Crippen LogP contribution in [0.2, 0.25) is 5.02 Å². The number of anilines is 3. The average molecular weight is 645 g/mol. The molecule has 0 bridgehead atoms. The number of benzene rings is 2. The molecule has 0 saturated carbocycles. The van der Waals surface area contributed by atoms with Crippen LogP contribution < -0.4 is 21.3 Å². The van der Waals surface area contributed by atoms with E-state index < -0.39 is 17.8 Å². The van der Waals surface area contributed by atoms with Crippen LogP contribution in [-0.4, -0.2) is 77.4 Å². The van der Waals surface area contributed by atoms with E-state index in [0.717, 1.165) is 56.8 Å². The van der Waals surface area contributed by atoms with Crippen LogP contribution in [0, 0.1) is 11.6 Å². The van der Waals surface area contributed by atoms with Crippen LogP contribution in [0.1, 0.15) is 44.9 Å². The number of nitrogens with one attached hydrogen (secondary N) is 2. The van der Waals surface area contributed by atoms with Crippen molar-refractivity contribution in [1.82, 2.24) is 25.2 Å². The third-order valence-electron chi connectivity index (χ3n) is 9.23. The second-order valence-corrected chi connectivity index (χ2v) is 13.4. The van der Waals surface area contributed by atoms with E-state index >= 15 is 4.39 Å². The number of hydrogen-bond acceptors (Lipinski definition) is 9. The van der Waals surface area contributed by atoms with Crippen molar-refractivity contribution < 1.29 is 13.2 Å². The van der Waals surface area contributed by atoms with Crippen LogP contribution in [0.5, 0.6) is 0 Å². The highest BCUT2D eigenvalue weighted by Crippen LogP contribution is 2.47. The number of aromatic nitrogens is 3. The Morgan fingerprint density at radius 1 is 1.07 bits per heavy atom. The Morgan fingerprint density at radius 2 is 1.93 bits per heavy atom. The molecule has 0 amide bonds. The van der Waals surface area contributed by atoms with E-state index in [1.54, 1.807) is 0 Å². The van der Waals surface area contributed by atoms with Gasteiger partial charge in [-0.15, -0.1) is 0 Å². The fraction of sp³-hybridized carbons (Fsp3) is 0.516. The van der Waals surface area contributed by atoms with E-state index in [-0.39, 0.29) is 37.5 Å². The Hall–Kier alpha value is -2.93. The predicted molar refractivity (Wildman–Crippen MR) is 173 cm³/mol. The number of fused-ring (bicyclic) bond motifs is 2. The summed E-state index contributed by atoms with van der Waals surface area (Å²) in [6.07, 6.45) is 5.23. The summed E-state index contributed by atoms with van der Waals surface area (Å²) >= 11 is 7.97. The number of aryl methyl sites for hydroxylation is 1. The Kier molecular flexibility index (Phi) is 8.19. The lowest BCUT2D eigenvalue weighted by Gasteiger charge is -2.33. The summed E-state index contributed by atoms with van der Waals surface area (Å²) in [6, 6.07) is 3.67. The Morgan fingerprint density at radius 3 is 2.70 bits per heavy atom. The molecule has 3 saturated heterocycles. The van der Waals surface area contributed by atoms with Crippen LogP contribution in [-0.2, 0) is 6.42 Å². The van der Waals surface area contributed by atoms with Gasteiger partial charge in [0.25, 0.3) is 0 Å². The number of alkyl halides is 1. The van der Waals surface area contributed by atoms with Gasteiger partial charge in [0.2, 0.25) is 0 Å². The van der Waals surface area contributed by atoms with Crippen LogP contribution in [0.25, 0.3) is 32.2 Å². The molecule has 13 heteroatoms. The van der Waals surface area contributed by atoms with E-state index in [1.807, 2.05) is 6.92 Å². The SMILES string of the molecule is CCc1nc2c3c(c(Cl)c(-c4ccc(F)c5sc(N)nc45)c(F)c3n1)NCCCN2C1CCNC1.FC1CC2CCCN2C1. The summed E-state index contributed by atoms with van der Waals surface area (Å²) in [5.41, 5.74) is 7.48. The monoisotopic (exact) mass is 644 g/mol. The second kappa shape index (κ2) is 12.1. The van der Waals surface area contributed by atoms with Gasteiger partial charge >= 0.3 is 0 Å². The zero-order valence-corrected chi connectivity index (χ0v) is 26.2. The minimum atomic E-state index is -0.571. The molecule has 8 rings (SSSR count). The largest absolute Gasteiger partial charge is 0.383 e. The van der Waals surface area contributed by atoms with Crippen molar-refractivity contribution in [2.24, 2.45) is 0 Å². The van der Waals surface area contributed by atoms with E-state index in [0.29, 0.717) is 53.8 Å². The van der Waals surface area contributed by atoms with Crippen molar-refractivity contribution in [3.63, 3.8) is 0 Å². The number of nitrogen functional groups attached to an aromatic ring is 1. The lowest BCUT2D eigenvalue weighted by atomic mass is 9.98. The normalized spacial score (nSPS) is 23.4. The standard InChI is InChI=1S/C24H24ClF2N7S.C7H12FN/c1-2-14-31-21-16-20(30-7-3-9-34(23(16)32-14)11-6-8-29-10-11)17(25)15(18(21)27)12-4-5-13(26)22-19(12)33-24(28)35-22;8-6-4-7-2-1-3-9(7)5-6/h4-5,11,29-30H,2-3,6-10H2,1H3,(H2,28,33);6-7H,1-5H2. The smallest absolute Gasteiger partial charge is 0.181 e. The molecule has 4 aromatic rings. The lowest BCUT2D eigenvalue weighted by molar-refractivity contribution is 0.292. The highest BCUT2D eigenvalue weighted by atomic mass is 35.5. The molecule has 4 aliphatic heterocycles. The van der Waals surface area contributed by atoms with Crippen LogP contribution in [0.3, 0.4) is 0 Å². The molecular formula is C31H36ClF3N8S. The van der Waals surface area contributed by atoms with Crippen LogP contribution >= 0.6 is 22.9 Å². The number of nitrogens with zero attached hydrogens (tertiary/aromatic N) is 5. The summed E-state index contributed by atoms with van der Waals surface area (Å²) in [4.78, 5) is 18.3. The molecule has 3 fully saturated rings. The molecule has 0 spiro atoms. The van der Waals surface area contributed by atoms with Gasteiger partial charge in [-0.3, -0.25) is 4.90 Å². The summed E-state index contributed by atoms with van der Waals surface area (Å²) in [7, 11) is 0. The number of hydrogen-bond donors (Lipinski definition) is 3. The minimum absolute atomic E-state index is 0.137. The first-order chi connectivity index (χ1) is 21.3. The summed E-state index contributed by atoms with van der Waals surface area (Å²) in [5.74, 6) is 0.238. The van der Waals surface area contributed by atoms with Crippen molar-refractivity contribution in [3.05, 3.63) is 34.6 Å². The summed E-state index contributed by atoms with van der Waals surface area (Å²) in [5, 5.41) is 7.82. The van der Waals surface area contributed by atoms with Crippen molar-refractivity contribution in [2.75, 3.05) is 55.2 Å². The maximum atomic E-state index is 16.4. The number of rotatable bonds is 3. The molecule has 2 aromatic heterocycles. The van der Waals surface area contributed by atoms with Gasteiger partial charge in [0, 0.05) is 55.8 Å². The van der Waals surface area contributed by atoms with Gasteiger partial charge in [-0.1, -0.05) is 29.9 Å². The van der Waals surface area contributed by atoms with Gasteiger partial charge < -0.3 is 21.3 Å². The van der Waals surface area contributed by atoms with Crippen LogP contribution in [0.15, 0.2) is 12.1 Å². The van der Waals surface area contributed by atoms with Crippen molar-refractivity contribution in [3.8, 4) is 11.1 Å². The van der Waals surface area contributed by atoms with Gasteiger partial charge in [-0.05, 0) is 57.3 Å². The molecule has 44 heavy (non-hydrogen) atoms. The fourth-order valence-corrected chi connectivity index (χ4v) is 8.26. The first-order valence-electron chi connectivity index (χ1n) is 15.5. The molecule has 4 N–H and O–H groups in total. The Balaban J connectivity index is 0.000000296. The highest BCUT2D eigenvalue weighted by Gasteiger charge is 2.35. The summed E-state index contributed by atoms with van der Waals surface area (Å²) in [6.45, 7) is 7.05. The van der Waals surface area contributed by atoms with E-state index in [2.05, 4.69) is 30.4 Å². The molecule has 6 heterocycles. The van der Waals surface area contributed by atoms with E-state index in [1.165, 1.54) is 25.0 Å². The second-order valence-electron chi connectivity index (χ2n) is 12.0. The predicted octanol–water partition coefficient (Wildman–Crippen LogP) is 6.16. The van der Waals surface area contributed by atoms with Gasteiger partial charge in [0.1, 0.15) is 29.1 Å². The third-order valence-corrected chi connectivity index (χ3v) is 10.5. The molecule has 4 aliphatic rings. The van der Waals surface area contributed by atoms with Gasteiger partial charge in [0.15, 0.2) is 10.9 Å². The maximum Gasteiger partial charge on any atom is 0.181 e. The zero-order valence-electron chi connectivity index (χ0n) is 24.6. The van der Waals surface area contributed by atoms with Gasteiger partial charge in [-0.25, -0.2) is 28.1 Å². The van der Waals surface area contributed by atoms with E-state index in [9.17, 15) is 8.78 Å². The first kappa shape index (κ1) is 29.8. The number of nitrogens with two attached hydrogens (primary N) is 1. The highest BCUT2D eigenvalue weighted by molar-refractivity contribution is 7.22. The molecular weight excluding hydrogens is 609 g/mol. The molecule has 2 aromatic carbocycles. The molecule has 3 atom stereocenters. The molecule has 0 radical (unpaired) electrons. The number of halogens is 4. The fourth-order valence-electron chi connectivity index (χ4n) is 7.15. The van der Waals surface area contributed by atoms with E-state index in [4.69, 9.17) is 22.3 Å². The first-order valence-corrected chi connectivity index (χ1v) is 16.7. The Bertz CT molecular complexity index is 1700. The quantitative estimate of drug-likeness (QED) is 0.244. The molecule has 8 nitrogen and oxygen atoms in total. The number of thiazole rings is 1. The topological polar surface area (TPSA) is 95.2 Å². The minimum Gasteiger partial charge on any atom is -0.383 e. The molecule has 3 unspecified atom stereocenters. The molecule has 234 valence electrons. The van der Waals surface area contributed by atoms with Gasteiger partial charge in [-0.2, -0.15) is 0 Å². The molecule has 0 aliphatic carbocycles. The zero-order chi connectivity index (χ0) is 30.5. The van der Waals surface area contributed by atoms with Crippen molar-refractivity contribution >= 4 is 60.7 Å². The lowest BCUT2D eigenvalue weighted by Crippen LogP contribution is -2.40. The third kappa shape index (κ3) is 5.23. The Labute approximate surface area is 263 Å². The summed E-state index contributed by atoms with van der Waals surface area (Å²) < 4.78 is 43.8. The average Bonchev–Trinajstić information content (AvgIpc) is 3.80. The maximum absolute atomic E-state index is 16.4. The van der Waals surface area contributed by atoms with Crippen molar-refractivity contribution in [2.45, 2.75) is 63.7 Å². The van der Waals surface area contributed by atoms with Gasteiger partial charge in [0.05, 0.1) is 26.3 Å².